The molecule has 1 aliphatic rings. The zero-order chi connectivity index (χ0) is 37.4. The number of hydrogen-bond donors (Lipinski definition) is 0. The van der Waals surface area contributed by atoms with Crippen molar-refractivity contribution in [3.8, 4) is 0 Å². The molecule has 3 rings (SSSR count). The van der Waals surface area contributed by atoms with Gasteiger partial charge in [0, 0.05) is 0 Å². The van der Waals surface area contributed by atoms with Crippen molar-refractivity contribution >= 4 is 40.9 Å². The topological polar surface area (TPSA) is 18.5 Å². The number of rotatable bonds is 17. The molecule has 2 aromatic carbocycles. The maximum atomic E-state index is 6.24. The molecule has 0 bridgehead atoms. The largest absolute Gasteiger partial charge is 0.487 e. The van der Waals surface area contributed by atoms with Crippen LogP contribution < -0.4 is 0 Å². The molecule has 0 aliphatic carbocycles. The smallest absolute Gasteiger partial charge is 0.400 e. The van der Waals surface area contributed by atoms with Crippen LogP contribution >= 0.6 is 22.6 Å². The molecule has 280 valence electrons. The quantitative estimate of drug-likeness (QED) is 0.0902. The Kier molecular flexibility index (Phi) is 19.1. The molecular formula is C46H74BIO2. The van der Waals surface area contributed by atoms with E-state index in [-0.39, 0.29) is 18.3 Å². The monoisotopic (exact) mass is 796 g/mol. The number of halogens is 1. The Morgan fingerprint density at radius 1 is 0.640 bits per heavy atom. The molecule has 1 fully saturated rings. The maximum Gasteiger partial charge on any atom is 0.487 e. The van der Waals surface area contributed by atoms with Crippen LogP contribution in [0.5, 0.6) is 0 Å². The summed E-state index contributed by atoms with van der Waals surface area (Å²) < 4.78 is 14.7. The Morgan fingerprint density at radius 3 is 1.46 bits per heavy atom. The summed E-state index contributed by atoms with van der Waals surface area (Å²) in [6.45, 7) is 27.0. The predicted molar refractivity (Wildman–Crippen MR) is 232 cm³/mol. The van der Waals surface area contributed by atoms with Crippen LogP contribution in [-0.2, 0) is 22.2 Å². The highest BCUT2D eigenvalue weighted by Gasteiger charge is 2.50. The Bertz CT molecular complexity index is 1310. The fraction of sp³-hybridized carbons (Fsp3) is 0.652. The van der Waals surface area contributed by atoms with Gasteiger partial charge >= 0.3 is 7.12 Å². The van der Waals surface area contributed by atoms with Crippen LogP contribution in [0.15, 0.2) is 58.6 Å². The molecule has 2 nitrogen and oxygen atoms in total. The van der Waals surface area contributed by atoms with Gasteiger partial charge in [-0.2, -0.15) is 0 Å². The van der Waals surface area contributed by atoms with Crippen LogP contribution in [0.2, 0.25) is 0 Å². The first-order valence-corrected chi connectivity index (χ1v) is 21.2. The zero-order valence-corrected chi connectivity index (χ0v) is 36.6. The van der Waals surface area contributed by atoms with Crippen molar-refractivity contribution in [2.75, 3.05) is 0 Å². The van der Waals surface area contributed by atoms with Gasteiger partial charge in [0.1, 0.15) is 0 Å². The van der Waals surface area contributed by atoms with Gasteiger partial charge in [0.15, 0.2) is 0 Å². The zero-order valence-electron chi connectivity index (χ0n) is 34.4. The second-order valence-corrected chi connectivity index (χ2v) is 18.7. The number of aryl methyl sites for hydroxylation is 2. The second kappa shape index (κ2) is 21.4. The van der Waals surface area contributed by atoms with Gasteiger partial charge in [-0.1, -0.05) is 158 Å². The summed E-state index contributed by atoms with van der Waals surface area (Å²) in [5.74, 6) is 2.21. The standard InChI is InChI=1S/C26H43BO2.C20H31I/c1-9-10-16-23(20-27-28-25(5,6)26(7,8)29-27)22-17-13-15-21(19-22)14-11-12-18-24(2,3)4;1-5-6-12-19(16-21)18-13-9-11-17(15-18)10-7-8-14-20(2,3)4/h13,15,17,19-20H,9-12,14,16,18H2,1-8H3;9,11,13,15-16H,5-8,10,12,14H2,1-4H3/b23-20+;19-16+. The number of hydrogen-bond acceptors (Lipinski definition) is 2. The second-order valence-electron chi connectivity index (χ2n) is 18.1. The Hall–Kier alpha value is -1.37. The highest BCUT2D eigenvalue weighted by atomic mass is 127. The van der Waals surface area contributed by atoms with Gasteiger partial charge in [-0.05, 0) is 140 Å². The lowest BCUT2D eigenvalue weighted by Gasteiger charge is -2.32. The third kappa shape index (κ3) is 17.0. The van der Waals surface area contributed by atoms with Crippen molar-refractivity contribution in [2.45, 2.75) is 184 Å². The van der Waals surface area contributed by atoms with Crippen molar-refractivity contribution in [3.05, 3.63) is 80.8 Å². The molecule has 0 saturated carbocycles. The van der Waals surface area contributed by atoms with E-state index in [0.717, 1.165) is 12.8 Å². The van der Waals surface area contributed by atoms with Crippen molar-refractivity contribution in [1.82, 2.24) is 0 Å². The molecule has 0 unspecified atom stereocenters. The minimum Gasteiger partial charge on any atom is -0.400 e. The molecule has 4 heteroatoms. The van der Waals surface area contributed by atoms with E-state index in [1.807, 2.05) is 0 Å². The number of unbranched alkanes of at least 4 members (excludes halogenated alkanes) is 4. The summed E-state index contributed by atoms with van der Waals surface area (Å²) in [5, 5.41) is 0. The van der Waals surface area contributed by atoms with Gasteiger partial charge in [0.05, 0.1) is 11.2 Å². The van der Waals surface area contributed by atoms with E-state index in [0.29, 0.717) is 10.8 Å². The fourth-order valence-corrected chi connectivity index (χ4v) is 6.93. The van der Waals surface area contributed by atoms with Gasteiger partial charge in [-0.15, -0.1) is 0 Å². The summed E-state index contributed by atoms with van der Waals surface area (Å²) in [4.78, 5) is 0. The van der Waals surface area contributed by atoms with Crippen molar-refractivity contribution < 1.29 is 9.31 Å². The molecule has 0 N–H and O–H groups in total. The molecule has 0 radical (unpaired) electrons. The van der Waals surface area contributed by atoms with E-state index in [2.05, 4.69) is 164 Å². The van der Waals surface area contributed by atoms with Crippen molar-refractivity contribution in [1.29, 1.82) is 0 Å². The van der Waals surface area contributed by atoms with E-state index in [1.54, 1.807) is 0 Å². The third-order valence-electron chi connectivity index (χ3n) is 10.2. The molecule has 50 heavy (non-hydrogen) atoms. The molecular weight excluding hydrogens is 722 g/mol. The van der Waals surface area contributed by atoms with Crippen LogP contribution in [-0.4, -0.2) is 18.3 Å². The van der Waals surface area contributed by atoms with E-state index in [9.17, 15) is 0 Å². The van der Waals surface area contributed by atoms with Gasteiger partial charge in [0.25, 0.3) is 0 Å². The van der Waals surface area contributed by atoms with Crippen molar-refractivity contribution in [3.63, 3.8) is 0 Å². The van der Waals surface area contributed by atoms with Gasteiger partial charge in [-0.25, -0.2) is 0 Å². The summed E-state index contributed by atoms with van der Waals surface area (Å²) in [7, 11) is -0.276. The first-order chi connectivity index (χ1) is 23.4. The summed E-state index contributed by atoms with van der Waals surface area (Å²) in [6, 6.07) is 18.3. The molecule has 0 amide bonds. The van der Waals surface area contributed by atoms with Gasteiger partial charge in [-0.3, -0.25) is 0 Å². The van der Waals surface area contributed by atoms with Crippen LogP contribution in [0.3, 0.4) is 0 Å². The van der Waals surface area contributed by atoms with E-state index >= 15 is 0 Å². The van der Waals surface area contributed by atoms with E-state index < -0.39 is 0 Å². The minimum atomic E-state index is -0.293. The lowest BCUT2D eigenvalue weighted by atomic mass is 9.83. The third-order valence-corrected chi connectivity index (χ3v) is 11.0. The lowest BCUT2D eigenvalue weighted by Crippen LogP contribution is -2.41. The van der Waals surface area contributed by atoms with Gasteiger partial charge < -0.3 is 9.31 Å². The average Bonchev–Trinajstić information content (AvgIpc) is 3.24. The van der Waals surface area contributed by atoms with Crippen LogP contribution in [0.4, 0.5) is 0 Å². The predicted octanol–water partition coefficient (Wildman–Crippen LogP) is 15.1. The highest BCUT2D eigenvalue weighted by Crippen LogP contribution is 2.38. The van der Waals surface area contributed by atoms with E-state index in [4.69, 9.17) is 9.31 Å². The lowest BCUT2D eigenvalue weighted by molar-refractivity contribution is 0.00578. The fourth-order valence-electron chi connectivity index (χ4n) is 6.26. The molecule has 1 saturated heterocycles. The normalized spacial score (nSPS) is 16.4. The maximum absolute atomic E-state index is 6.24. The number of benzene rings is 2. The van der Waals surface area contributed by atoms with Crippen LogP contribution in [0.1, 0.15) is 182 Å². The first-order valence-electron chi connectivity index (χ1n) is 19.9. The molecule has 1 heterocycles. The molecule has 0 aromatic heterocycles. The minimum absolute atomic E-state index is 0.276. The Morgan fingerprint density at radius 2 is 1.06 bits per heavy atom. The Labute approximate surface area is 324 Å². The summed E-state index contributed by atoms with van der Waals surface area (Å²) >= 11 is 2.39. The number of allylic oxidation sites excluding steroid dienone is 2. The van der Waals surface area contributed by atoms with Crippen LogP contribution in [0.25, 0.3) is 11.1 Å². The SMILES string of the molecule is CCCC/C(=C\B1OC(C)(C)C(C)(C)O1)c1cccc(CCCCC(C)(C)C)c1.CCCC/C(=C\I)c1cccc(CCCCC(C)(C)C)c1. The molecule has 1 aliphatic heterocycles. The summed E-state index contributed by atoms with van der Waals surface area (Å²) in [5.41, 5.74) is 8.84. The van der Waals surface area contributed by atoms with Crippen LogP contribution in [0, 0.1) is 10.8 Å². The van der Waals surface area contributed by atoms with E-state index in [1.165, 1.54) is 110 Å². The molecule has 2 aromatic rings. The molecule has 0 spiro atoms. The average molecular weight is 797 g/mol. The highest BCUT2D eigenvalue weighted by molar-refractivity contribution is 14.1. The Balaban J connectivity index is 0.000000366. The van der Waals surface area contributed by atoms with Crippen molar-refractivity contribution in [2.24, 2.45) is 10.8 Å². The van der Waals surface area contributed by atoms with Gasteiger partial charge in [0.2, 0.25) is 0 Å². The molecule has 0 atom stereocenters. The first kappa shape index (κ1) is 44.8. The summed E-state index contributed by atoms with van der Waals surface area (Å²) in [6.07, 6.45) is 17.3.